The molecule has 0 N–H and O–H groups in total. The average Bonchev–Trinajstić information content (AvgIpc) is 2.16. The van der Waals surface area contributed by atoms with Crippen LogP contribution in [-0.2, 0) is 26.3 Å². The van der Waals surface area contributed by atoms with Crippen molar-refractivity contribution in [1.82, 2.24) is 0 Å². The zero-order chi connectivity index (χ0) is 8.81. The van der Waals surface area contributed by atoms with Crippen molar-refractivity contribution in [2.45, 2.75) is 6.61 Å². The van der Waals surface area contributed by atoms with Gasteiger partial charge in [-0.15, -0.1) is 0 Å². The minimum absolute atomic E-state index is 0.307. The van der Waals surface area contributed by atoms with E-state index in [0.717, 1.165) is 5.56 Å². The zero-order valence-electron chi connectivity index (χ0n) is 6.73. The molecule has 0 aliphatic rings. The van der Waals surface area contributed by atoms with Crippen molar-refractivity contribution in [3.8, 4) is 0 Å². The average molecular weight is 186 g/mol. The molecule has 0 saturated heterocycles. The molecule has 66 valence electrons. The Morgan fingerprint density at radius 3 is 2.58 bits per heavy atom. The van der Waals surface area contributed by atoms with Crippen molar-refractivity contribution in [2.75, 3.05) is 7.11 Å². The van der Waals surface area contributed by atoms with Crippen molar-refractivity contribution >= 4 is 11.4 Å². The Morgan fingerprint density at radius 2 is 2.00 bits per heavy atom. The normalized spacial score (nSPS) is 12.8. The van der Waals surface area contributed by atoms with Gasteiger partial charge in [0, 0.05) is 0 Å². The molecule has 0 amide bonds. The molecular weight excluding hydrogens is 176 g/mol. The van der Waals surface area contributed by atoms with E-state index in [1.807, 2.05) is 30.3 Å². The van der Waals surface area contributed by atoms with E-state index >= 15 is 0 Å². The molecule has 1 aromatic rings. The van der Waals surface area contributed by atoms with Gasteiger partial charge in [0.15, 0.2) is 0 Å². The summed E-state index contributed by atoms with van der Waals surface area (Å²) in [5, 5.41) is 0. The van der Waals surface area contributed by atoms with Gasteiger partial charge < -0.3 is 0 Å². The molecule has 0 heterocycles. The zero-order valence-corrected chi connectivity index (χ0v) is 7.54. The lowest BCUT2D eigenvalue weighted by molar-refractivity contribution is 0.273. The van der Waals surface area contributed by atoms with Crippen LogP contribution in [0.1, 0.15) is 5.56 Å². The van der Waals surface area contributed by atoms with Gasteiger partial charge in [-0.1, -0.05) is 30.3 Å². The van der Waals surface area contributed by atoms with Crippen LogP contribution in [-0.4, -0.2) is 11.3 Å². The van der Waals surface area contributed by atoms with Gasteiger partial charge in [-0.3, -0.25) is 8.37 Å². The van der Waals surface area contributed by atoms with Crippen LogP contribution in [0.5, 0.6) is 0 Å². The summed E-state index contributed by atoms with van der Waals surface area (Å²) >= 11 is -1.63. The van der Waals surface area contributed by atoms with Crippen LogP contribution in [0, 0.1) is 0 Å². The van der Waals surface area contributed by atoms with E-state index in [1.54, 1.807) is 0 Å². The fourth-order valence-electron chi connectivity index (χ4n) is 0.739. The van der Waals surface area contributed by atoms with Crippen molar-refractivity contribution < 1.29 is 12.6 Å². The maximum absolute atomic E-state index is 10.7. The predicted octanol–water partition coefficient (Wildman–Crippen LogP) is 1.43. The summed E-state index contributed by atoms with van der Waals surface area (Å²) in [4.78, 5) is 0. The summed E-state index contributed by atoms with van der Waals surface area (Å²) in [5.74, 6) is 0. The highest BCUT2D eigenvalue weighted by atomic mass is 32.2. The summed E-state index contributed by atoms with van der Waals surface area (Å²) in [6, 6.07) is 9.50. The molecule has 0 aliphatic carbocycles. The van der Waals surface area contributed by atoms with Gasteiger partial charge in [-0.2, -0.15) is 4.21 Å². The smallest absolute Gasteiger partial charge is 0.272 e. The first-order valence-electron chi connectivity index (χ1n) is 3.46. The summed E-state index contributed by atoms with van der Waals surface area (Å²) in [6.45, 7) is 0.307. The molecule has 0 bridgehead atoms. The summed E-state index contributed by atoms with van der Waals surface area (Å²) in [6.07, 6.45) is 0. The van der Waals surface area contributed by atoms with Gasteiger partial charge in [-0.25, -0.2) is 0 Å². The van der Waals surface area contributed by atoms with Crippen molar-refractivity contribution in [2.24, 2.45) is 0 Å². The third-order valence-electron chi connectivity index (χ3n) is 1.30. The lowest BCUT2D eigenvalue weighted by Crippen LogP contribution is -1.98. The van der Waals surface area contributed by atoms with Gasteiger partial charge >= 0.3 is 11.4 Å². The number of hydrogen-bond donors (Lipinski definition) is 0. The van der Waals surface area contributed by atoms with Crippen molar-refractivity contribution in [1.29, 1.82) is 0 Å². The van der Waals surface area contributed by atoms with Crippen LogP contribution < -0.4 is 0 Å². The number of rotatable bonds is 4. The molecule has 1 rings (SSSR count). The maximum Gasteiger partial charge on any atom is 0.304 e. The molecule has 0 fully saturated rings. The van der Waals surface area contributed by atoms with Crippen LogP contribution in [0.25, 0.3) is 0 Å². The summed E-state index contributed by atoms with van der Waals surface area (Å²) in [5.41, 5.74) is 0.975. The van der Waals surface area contributed by atoms with Crippen LogP contribution in [0.2, 0.25) is 0 Å². The second-order valence-electron chi connectivity index (χ2n) is 2.12. The minimum Gasteiger partial charge on any atom is -0.272 e. The molecule has 1 unspecified atom stereocenters. The molecule has 0 saturated carbocycles. The van der Waals surface area contributed by atoms with Crippen LogP contribution in [0.15, 0.2) is 30.3 Å². The van der Waals surface area contributed by atoms with Gasteiger partial charge in [0.1, 0.15) is 0 Å². The maximum atomic E-state index is 10.7. The SMILES string of the molecule is COS(=O)OCc1ccccc1. The number of hydrogen-bond acceptors (Lipinski definition) is 3. The molecule has 0 spiro atoms. The fourth-order valence-corrected chi connectivity index (χ4v) is 1.07. The first-order valence-corrected chi connectivity index (χ1v) is 4.46. The standard InChI is InChI=1S/C8H10O3S/c1-10-12(9)11-7-8-5-3-2-4-6-8/h2-6H,7H2,1H3. The van der Waals surface area contributed by atoms with E-state index in [9.17, 15) is 4.21 Å². The second-order valence-corrected chi connectivity index (χ2v) is 3.10. The Hall–Kier alpha value is -0.710. The van der Waals surface area contributed by atoms with Gasteiger partial charge in [0.25, 0.3) is 0 Å². The second kappa shape index (κ2) is 5.03. The van der Waals surface area contributed by atoms with Crippen LogP contribution >= 0.6 is 0 Å². The van der Waals surface area contributed by atoms with Crippen LogP contribution in [0.4, 0.5) is 0 Å². The largest absolute Gasteiger partial charge is 0.304 e. The molecule has 0 radical (unpaired) electrons. The quantitative estimate of drug-likeness (QED) is 0.713. The van der Waals surface area contributed by atoms with Gasteiger partial charge in [-0.05, 0) is 5.56 Å². The molecule has 1 aromatic carbocycles. The van der Waals surface area contributed by atoms with E-state index in [0.29, 0.717) is 6.61 Å². The van der Waals surface area contributed by atoms with E-state index in [4.69, 9.17) is 4.18 Å². The highest BCUT2D eigenvalue weighted by molar-refractivity contribution is 7.75. The third-order valence-corrected chi connectivity index (χ3v) is 1.88. The lowest BCUT2D eigenvalue weighted by atomic mass is 10.2. The monoisotopic (exact) mass is 186 g/mol. The Bertz CT molecular complexity index is 248. The Morgan fingerprint density at radius 1 is 1.33 bits per heavy atom. The highest BCUT2D eigenvalue weighted by Gasteiger charge is 1.97. The van der Waals surface area contributed by atoms with Gasteiger partial charge in [0.05, 0.1) is 13.7 Å². The molecule has 12 heavy (non-hydrogen) atoms. The van der Waals surface area contributed by atoms with Crippen molar-refractivity contribution in [3.63, 3.8) is 0 Å². The Kier molecular flexibility index (Phi) is 3.93. The Labute approximate surface area is 74.2 Å². The molecular formula is C8H10O3S. The molecule has 4 heteroatoms. The molecule has 0 aliphatic heterocycles. The first kappa shape index (κ1) is 9.38. The molecule has 3 nitrogen and oxygen atoms in total. The Balaban J connectivity index is 2.38. The first-order chi connectivity index (χ1) is 5.83. The highest BCUT2D eigenvalue weighted by Crippen LogP contribution is 2.01. The molecule has 0 aromatic heterocycles. The van der Waals surface area contributed by atoms with E-state index in [-0.39, 0.29) is 0 Å². The minimum atomic E-state index is -1.63. The fraction of sp³-hybridized carbons (Fsp3) is 0.250. The number of benzene rings is 1. The lowest BCUT2D eigenvalue weighted by Gasteiger charge is -1.99. The van der Waals surface area contributed by atoms with E-state index in [2.05, 4.69) is 4.18 Å². The third kappa shape index (κ3) is 3.13. The topological polar surface area (TPSA) is 35.5 Å². The molecule has 1 atom stereocenters. The van der Waals surface area contributed by atoms with Crippen LogP contribution in [0.3, 0.4) is 0 Å². The summed E-state index contributed by atoms with van der Waals surface area (Å²) < 4.78 is 19.9. The van der Waals surface area contributed by atoms with E-state index < -0.39 is 11.4 Å². The predicted molar refractivity (Wildman–Crippen MR) is 46.4 cm³/mol. The summed E-state index contributed by atoms with van der Waals surface area (Å²) in [7, 11) is 1.33. The van der Waals surface area contributed by atoms with Crippen molar-refractivity contribution in [3.05, 3.63) is 35.9 Å². The van der Waals surface area contributed by atoms with Gasteiger partial charge in [0.2, 0.25) is 0 Å². The van der Waals surface area contributed by atoms with E-state index in [1.165, 1.54) is 7.11 Å².